The zero-order valence-electron chi connectivity index (χ0n) is 12.6. The van der Waals surface area contributed by atoms with Gasteiger partial charge in [0.1, 0.15) is 11.3 Å². The van der Waals surface area contributed by atoms with Crippen LogP contribution in [0.1, 0.15) is 28.6 Å². The number of nitrogens with zero attached hydrogens (tertiary/aromatic N) is 1. The van der Waals surface area contributed by atoms with Crippen LogP contribution in [0.2, 0.25) is 0 Å². The molecule has 0 radical (unpaired) electrons. The molecule has 0 amide bonds. The Balaban J connectivity index is 0.00000220. The second-order valence-corrected chi connectivity index (χ2v) is 4.95. The average Bonchev–Trinajstić information content (AvgIpc) is 2.71. The highest BCUT2D eigenvalue weighted by atomic mass is 35.5. The predicted octanol–water partition coefficient (Wildman–Crippen LogP) is 3.11. The van der Waals surface area contributed by atoms with Gasteiger partial charge < -0.3 is 19.2 Å². The zero-order valence-corrected chi connectivity index (χ0v) is 13.4. The molecular weight excluding hydrogens is 294 g/mol. The van der Waals surface area contributed by atoms with Gasteiger partial charge in [-0.1, -0.05) is 0 Å². The standard InChI is InChI=1S/C15H19NO4.ClH/c1-5-19-15(18)13-9(2)10-6-7-12(17)11(8-16(3)4)14(10)20-13;/h6-7,17H,5,8H2,1-4H3;1H. The number of hydrogen-bond donors (Lipinski definition) is 1. The summed E-state index contributed by atoms with van der Waals surface area (Å²) >= 11 is 0. The maximum atomic E-state index is 11.9. The summed E-state index contributed by atoms with van der Waals surface area (Å²) in [5, 5.41) is 10.8. The number of furan rings is 1. The SMILES string of the molecule is CCOC(=O)c1oc2c(CN(C)C)c(O)ccc2c1C.Cl. The molecule has 0 aliphatic carbocycles. The molecule has 1 aromatic heterocycles. The van der Waals surface area contributed by atoms with Crippen molar-refractivity contribution in [2.24, 2.45) is 0 Å². The summed E-state index contributed by atoms with van der Waals surface area (Å²) in [6, 6.07) is 3.38. The molecule has 1 N–H and O–H groups in total. The first-order valence-corrected chi connectivity index (χ1v) is 6.51. The molecule has 116 valence electrons. The van der Waals surface area contributed by atoms with Gasteiger partial charge in [-0.3, -0.25) is 0 Å². The summed E-state index contributed by atoms with van der Waals surface area (Å²) in [4.78, 5) is 13.8. The van der Waals surface area contributed by atoms with E-state index in [4.69, 9.17) is 9.15 Å². The van der Waals surface area contributed by atoms with Crippen molar-refractivity contribution >= 4 is 29.3 Å². The van der Waals surface area contributed by atoms with Crippen molar-refractivity contribution in [3.8, 4) is 5.75 Å². The molecule has 0 aliphatic rings. The third-order valence-corrected chi connectivity index (χ3v) is 3.12. The second-order valence-electron chi connectivity index (χ2n) is 4.95. The summed E-state index contributed by atoms with van der Waals surface area (Å²) in [5.74, 6) is -0.112. The molecule has 6 heteroatoms. The fourth-order valence-electron chi connectivity index (χ4n) is 2.19. The lowest BCUT2D eigenvalue weighted by Gasteiger charge is -2.11. The summed E-state index contributed by atoms with van der Waals surface area (Å²) in [6.45, 7) is 4.39. The summed E-state index contributed by atoms with van der Waals surface area (Å²) < 4.78 is 10.6. The first-order valence-electron chi connectivity index (χ1n) is 6.51. The Morgan fingerprint density at radius 2 is 2.05 bits per heavy atom. The number of halogens is 1. The Kier molecular flexibility index (Phi) is 5.63. The Morgan fingerprint density at radius 3 is 2.62 bits per heavy atom. The van der Waals surface area contributed by atoms with E-state index in [-0.39, 0.29) is 23.9 Å². The van der Waals surface area contributed by atoms with Crippen LogP contribution in [0.15, 0.2) is 16.5 Å². The van der Waals surface area contributed by atoms with Crippen LogP contribution in [-0.2, 0) is 11.3 Å². The molecule has 21 heavy (non-hydrogen) atoms. The Bertz CT molecular complexity index is 649. The molecule has 1 aromatic carbocycles. The fraction of sp³-hybridized carbons (Fsp3) is 0.400. The van der Waals surface area contributed by atoms with E-state index >= 15 is 0 Å². The normalized spacial score (nSPS) is 10.7. The maximum absolute atomic E-state index is 11.9. The molecule has 2 aromatic rings. The number of fused-ring (bicyclic) bond motifs is 1. The molecule has 0 spiro atoms. The van der Waals surface area contributed by atoms with Gasteiger partial charge in [-0.05, 0) is 40.1 Å². The number of carbonyl (C=O) groups is 1. The van der Waals surface area contributed by atoms with Crippen LogP contribution < -0.4 is 0 Å². The summed E-state index contributed by atoms with van der Waals surface area (Å²) in [5.41, 5.74) is 1.95. The average molecular weight is 314 g/mol. The van der Waals surface area contributed by atoms with Gasteiger partial charge in [0.2, 0.25) is 5.76 Å². The lowest BCUT2D eigenvalue weighted by Crippen LogP contribution is -2.10. The van der Waals surface area contributed by atoms with E-state index in [1.54, 1.807) is 19.1 Å². The first-order chi connectivity index (χ1) is 9.45. The third-order valence-electron chi connectivity index (χ3n) is 3.12. The number of benzene rings is 1. The van der Waals surface area contributed by atoms with Crippen molar-refractivity contribution in [2.75, 3.05) is 20.7 Å². The van der Waals surface area contributed by atoms with Crippen LogP contribution in [0.25, 0.3) is 11.0 Å². The van der Waals surface area contributed by atoms with Crippen LogP contribution in [0.5, 0.6) is 5.75 Å². The number of ether oxygens (including phenoxy) is 1. The fourth-order valence-corrected chi connectivity index (χ4v) is 2.19. The number of phenols is 1. The van der Waals surface area contributed by atoms with Gasteiger partial charge in [0, 0.05) is 17.5 Å². The van der Waals surface area contributed by atoms with E-state index in [2.05, 4.69) is 0 Å². The minimum Gasteiger partial charge on any atom is -0.507 e. The molecule has 1 heterocycles. The third kappa shape index (κ3) is 3.31. The minimum absolute atomic E-state index is 0. The number of aryl methyl sites for hydroxylation is 1. The molecule has 0 atom stereocenters. The predicted molar refractivity (Wildman–Crippen MR) is 83.2 cm³/mol. The van der Waals surface area contributed by atoms with Crippen molar-refractivity contribution in [2.45, 2.75) is 20.4 Å². The number of esters is 1. The largest absolute Gasteiger partial charge is 0.507 e. The lowest BCUT2D eigenvalue weighted by molar-refractivity contribution is 0.0491. The molecule has 0 saturated carbocycles. The number of hydrogen-bond acceptors (Lipinski definition) is 5. The van der Waals surface area contributed by atoms with Crippen molar-refractivity contribution in [3.05, 3.63) is 29.0 Å². The molecular formula is C15H20ClNO4. The molecule has 0 unspecified atom stereocenters. The van der Waals surface area contributed by atoms with E-state index < -0.39 is 5.97 Å². The van der Waals surface area contributed by atoms with Crippen molar-refractivity contribution < 1.29 is 19.1 Å². The highest BCUT2D eigenvalue weighted by Crippen LogP contribution is 2.33. The lowest BCUT2D eigenvalue weighted by atomic mass is 10.1. The molecule has 5 nitrogen and oxygen atoms in total. The van der Waals surface area contributed by atoms with Gasteiger partial charge in [-0.2, -0.15) is 0 Å². The zero-order chi connectivity index (χ0) is 14.9. The number of phenolic OH excluding ortho intramolecular Hbond substituents is 1. The van der Waals surface area contributed by atoms with Crippen molar-refractivity contribution in [3.63, 3.8) is 0 Å². The topological polar surface area (TPSA) is 62.9 Å². The quantitative estimate of drug-likeness (QED) is 0.879. The van der Waals surface area contributed by atoms with Gasteiger partial charge in [0.05, 0.1) is 12.2 Å². The number of carbonyl (C=O) groups excluding carboxylic acids is 1. The number of aromatic hydroxyl groups is 1. The number of rotatable bonds is 4. The molecule has 0 aliphatic heterocycles. The van der Waals surface area contributed by atoms with Crippen LogP contribution in [0, 0.1) is 6.92 Å². The Labute approximate surface area is 129 Å². The van der Waals surface area contributed by atoms with E-state index in [0.717, 1.165) is 10.9 Å². The summed E-state index contributed by atoms with van der Waals surface area (Å²) in [6.07, 6.45) is 0. The van der Waals surface area contributed by atoms with Crippen LogP contribution in [0.3, 0.4) is 0 Å². The Hall–Kier alpha value is -1.72. The highest BCUT2D eigenvalue weighted by molar-refractivity contribution is 5.97. The van der Waals surface area contributed by atoms with Crippen LogP contribution in [-0.4, -0.2) is 36.7 Å². The smallest absolute Gasteiger partial charge is 0.374 e. The molecule has 0 bridgehead atoms. The van der Waals surface area contributed by atoms with E-state index in [1.807, 2.05) is 25.9 Å². The molecule has 0 fully saturated rings. The van der Waals surface area contributed by atoms with E-state index in [9.17, 15) is 9.90 Å². The van der Waals surface area contributed by atoms with Gasteiger partial charge in [0.25, 0.3) is 0 Å². The van der Waals surface area contributed by atoms with Crippen LogP contribution in [0.4, 0.5) is 0 Å². The molecule has 0 saturated heterocycles. The van der Waals surface area contributed by atoms with Crippen molar-refractivity contribution in [1.82, 2.24) is 4.90 Å². The van der Waals surface area contributed by atoms with Gasteiger partial charge >= 0.3 is 5.97 Å². The highest BCUT2D eigenvalue weighted by Gasteiger charge is 2.22. The molecule has 2 rings (SSSR count). The van der Waals surface area contributed by atoms with Crippen LogP contribution >= 0.6 is 12.4 Å². The van der Waals surface area contributed by atoms with Gasteiger partial charge in [0.15, 0.2) is 0 Å². The Morgan fingerprint density at radius 1 is 1.38 bits per heavy atom. The maximum Gasteiger partial charge on any atom is 0.374 e. The second kappa shape index (κ2) is 6.83. The first kappa shape index (κ1) is 17.3. The van der Waals surface area contributed by atoms with Gasteiger partial charge in [-0.25, -0.2) is 4.79 Å². The van der Waals surface area contributed by atoms with E-state index in [1.165, 1.54) is 0 Å². The van der Waals surface area contributed by atoms with E-state index in [0.29, 0.717) is 24.3 Å². The van der Waals surface area contributed by atoms with Crippen molar-refractivity contribution in [1.29, 1.82) is 0 Å². The minimum atomic E-state index is -0.475. The summed E-state index contributed by atoms with van der Waals surface area (Å²) in [7, 11) is 3.81. The van der Waals surface area contributed by atoms with Gasteiger partial charge in [-0.15, -0.1) is 12.4 Å². The monoisotopic (exact) mass is 313 g/mol.